The normalized spacial score (nSPS) is 10.6. The second-order valence-corrected chi connectivity index (χ2v) is 3.35. The summed E-state index contributed by atoms with van der Waals surface area (Å²) in [5, 5.41) is 17.8. The molecule has 0 fully saturated rings. The van der Waals surface area contributed by atoms with Crippen LogP contribution in [0.2, 0.25) is 0 Å². The van der Waals surface area contributed by atoms with E-state index in [-0.39, 0.29) is 17.0 Å². The molecule has 2 aromatic rings. The molecule has 0 bridgehead atoms. The van der Waals surface area contributed by atoms with Crippen molar-refractivity contribution in [3.8, 4) is 0 Å². The molecule has 2 heterocycles. The summed E-state index contributed by atoms with van der Waals surface area (Å²) in [6.07, 6.45) is 1.49. The van der Waals surface area contributed by atoms with Crippen LogP contribution >= 0.6 is 0 Å². The summed E-state index contributed by atoms with van der Waals surface area (Å²) in [5.41, 5.74) is 0.873. The molecule has 6 nitrogen and oxygen atoms in total. The van der Waals surface area contributed by atoms with Crippen LogP contribution < -0.4 is 0 Å². The summed E-state index contributed by atoms with van der Waals surface area (Å²) in [6, 6.07) is 3.27. The Labute approximate surface area is 89.8 Å². The maximum atomic E-state index is 10.9. The van der Waals surface area contributed by atoms with Crippen LogP contribution in [-0.4, -0.2) is 31.5 Å². The summed E-state index contributed by atoms with van der Waals surface area (Å²) in [4.78, 5) is 25.3. The molecule has 0 spiro atoms. The monoisotopic (exact) mass is 220 g/mol. The van der Waals surface area contributed by atoms with E-state index in [1.165, 1.54) is 10.6 Å². The molecule has 0 aliphatic rings. The predicted molar refractivity (Wildman–Crippen MR) is 53.8 cm³/mol. The number of aryl methyl sites for hydroxylation is 1. The minimum Gasteiger partial charge on any atom is -0.476 e. The number of rotatable bonds is 2. The van der Waals surface area contributed by atoms with Gasteiger partial charge in [0, 0.05) is 6.20 Å². The van der Waals surface area contributed by atoms with Gasteiger partial charge in [0.05, 0.1) is 5.52 Å². The lowest BCUT2D eigenvalue weighted by Crippen LogP contribution is -2.03. The number of carboxylic acids is 2. The molecule has 6 heteroatoms. The molecule has 0 saturated heterocycles. The Morgan fingerprint density at radius 3 is 2.56 bits per heavy atom. The minimum absolute atomic E-state index is 0.249. The van der Waals surface area contributed by atoms with Crippen LogP contribution in [0.1, 0.15) is 26.7 Å². The molecule has 0 amide bonds. The third kappa shape index (κ3) is 1.40. The van der Waals surface area contributed by atoms with Gasteiger partial charge in [-0.15, -0.1) is 0 Å². The molecule has 2 rings (SSSR count). The maximum Gasteiger partial charge on any atom is 0.372 e. The average Bonchev–Trinajstić information content (AvgIpc) is 2.56. The Morgan fingerprint density at radius 2 is 2.00 bits per heavy atom. The Balaban J connectivity index is 2.87. The zero-order valence-corrected chi connectivity index (χ0v) is 8.34. The van der Waals surface area contributed by atoms with Crippen molar-refractivity contribution in [1.82, 2.24) is 9.38 Å². The predicted octanol–water partition coefficient (Wildman–Crippen LogP) is 1.04. The summed E-state index contributed by atoms with van der Waals surface area (Å²) in [7, 11) is 0. The SMILES string of the molecule is Cc1ccn2c(C(=O)O)nc(C(=O)O)c2c1. The summed E-state index contributed by atoms with van der Waals surface area (Å²) >= 11 is 0. The first-order valence-electron chi connectivity index (χ1n) is 4.46. The van der Waals surface area contributed by atoms with Crippen LogP contribution in [0.15, 0.2) is 18.3 Å². The second kappa shape index (κ2) is 3.34. The minimum atomic E-state index is -1.26. The van der Waals surface area contributed by atoms with Crippen molar-refractivity contribution in [3.63, 3.8) is 0 Å². The largest absolute Gasteiger partial charge is 0.476 e. The smallest absolute Gasteiger partial charge is 0.372 e. The molecule has 82 valence electrons. The zero-order chi connectivity index (χ0) is 11.9. The van der Waals surface area contributed by atoms with E-state index >= 15 is 0 Å². The number of nitrogens with zero attached hydrogens (tertiary/aromatic N) is 2. The highest BCUT2D eigenvalue weighted by atomic mass is 16.4. The van der Waals surface area contributed by atoms with Gasteiger partial charge in [-0.3, -0.25) is 4.40 Å². The van der Waals surface area contributed by atoms with E-state index in [1.54, 1.807) is 19.1 Å². The quantitative estimate of drug-likeness (QED) is 0.788. The number of pyridine rings is 1. The van der Waals surface area contributed by atoms with Crippen molar-refractivity contribution in [2.45, 2.75) is 6.92 Å². The van der Waals surface area contributed by atoms with Gasteiger partial charge in [0.2, 0.25) is 5.82 Å². The Morgan fingerprint density at radius 1 is 1.31 bits per heavy atom. The molecular formula is C10H8N2O4. The van der Waals surface area contributed by atoms with Gasteiger partial charge in [-0.25, -0.2) is 14.6 Å². The molecular weight excluding hydrogens is 212 g/mol. The molecule has 0 aliphatic heterocycles. The van der Waals surface area contributed by atoms with Crippen molar-refractivity contribution >= 4 is 17.5 Å². The van der Waals surface area contributed by atoms with Crippen molar-refractivity contribution in [2.75, 3.05) is 0 Å². The van der Waals surface area contributed by atoms with Crippen LogP contribution in [0.3, 0.4) is 0 Å². The lowest BCUT2D eigenvalue weighted by atomic mass is 10.2. The van der Waals surface area contributed by atoms with E-state index in [9.17, 15) is 9.59 Å². The van der Waals surface area contributed by atoms with E-state index < -0.39 is 11.9 Å². The van der Waals surface area contributed by atoms with Crippen LogP contribution in [0.5, 0.6) is 0 Å². The fraction of sp³-hybridized carbons (Fsp3) is 0.100. The maximum absolute atomic E-state index is 10.9. The molecule has 0 aromatic carbocycles. The van der Waals surface area contributed by atoms with Gasteiger partial charge in [-0.2, -0.15) is 0 Å². The van der Waals surface area contributed by atoms with E-state index in [0.717, 1.165) is 5.56 Å². The number of hydrogen-bond donors (Lipinski definition) is 2. The molecule has 16 heavy (non-hydrogen) atoms. The zero-order valence-electron chi connectivity index (χ0n) is 8.34. The van der Waals surface area contributed by atoms with Crippen LogP contribution in [0.4, 0.5) is 0 Å². The van der Waals surface area contributed by atoms with Crippen LogP contribution in [-0.2, 0) is 0 Å². The van der Waals surface area contributed by atoms with Crippen molar-refractivity contribution in [3.05, 3.63) is 35.4 Å². The number of fused-ring (bicyclic) bond motifs is 1. The molecule has 0 atom stereocenters. The number of carbonyl (C=O) groups is 2. The number of carboxylic acid groups (broad SMARTS) is 2. The average molecular weight is 220 g/mol. The van der Waals surface area contributed by atoms with Gasteiger partial charge in [-0.1, -0.05) is 0 Å². The van der Waals surface area contributed by atoms with E-state index in [4.69, 9.17) is 10.2 Å². The molecule has 2 aromatic heterocycles. The number of aromatic nitrogens is 2. The van der Waals surface area contributed by atoms with Gasteiger partial charge in [0.1, 0.15) is 0 Å². The Bertz CT molecular complexity index is 600. The molecule has 0 saturated carbocycles. The van der Waals surface area contributed by atoms with Gasteiger partial charge >= 0.3 is 11.9 Å². The van der Waals surface area contributed by atoms with Gasteiger partial charge in [0.25, 0.3) is 0 Å². The molecule has 0 radical (unpaired) electrons. The van der Waals surface area contributed by atoms with Gasteiger partial charge < -0.3 is 10.2 Å². The summed E-state index contributed by atoms with van der Waals surface area (Å²) in [6.45, 7) is 1.79. The first-order chi connectivity index (χ1) is 7.50. The van der Waals surface area contributed by atoms with E-state index in [1.807, 2.05) is 0 Å². The fourth-order valence-corrected chi connectivity index (χ4v) is 1.50. The third-order valence-electron chi connectivity index (χ3n) is 2.19. The first kappa shape index (κ1) is 10.2. The van der Waals surface area contributed by atoms with Crippen molar-refractivity contribution in [2.24, 2.45) is 0 Å². The van der Waals surface area contributed by atoms with Crippen molar-refractivity contribution < 1.29 is 19.8 Å². The second-order valence-electron chi connectivity index (χ2n) is 3.35. The highest BCUT2D eigenvalue weighted by molar-refractivity contribution is 5.96. The Kier molecular flexibility index (Phi) is 2.12. The molecule has 2 N–H and O–H groups in total. The van der Waals surface area contributed by atoms with Crippen molar-refractivity contribution in [1.29, 1.82) is 0 Å². The Hall–Kier alpha value is -2.37. The van der Waals surface area contributed by atoms with Crippen LogP contribution in [0, 0.1) is 6.92 Å². The number of aromatic carboxylic acids is 2. The highest BCUT2D eigenvalue weighted by Crippen LogP contribution is 2.15. The standard InChI is InChI=1S/C10H8N2O4/c1-5-2-3-12-6(4-5)7(9(13)14)11-8(12)10(15)16/h2-4H,1H3,(H,13,14)(H,15,16). The molecule has 0 unspecified atom stereocenters. The van der Waals surface area contributed by atoms with E-state index in [0.29, 0.717) is 0 Å². The number of hydrogen-bond acceptors (Lipinski definition) is 3. The highest BCUT2D eigenvalue weighted by Gasteiger charge is 2.20. The van der Waals surface area contributed by atoms with Gasteiger partial charge in [-0.05, 0) is 24.6 Å². The van der Waals surface area contributed by atoms with Gasteiger partial charge in [0.15, 0.2) is 5.69 Å². The fourth-order valence-electron chi connectivity index (χ4n) is 1.50. The first-order valence-corrected chi connectivity index (χ1v) is 4.46. The number of imidazole rings is 1. The summed E-state index contributed by atoms with van der Waals surface area (Å²) in [5.74, 6) is -2.80. The molecule has 0 aliphatic carbocycles. The summed E-state index contributed by atoms with van der Waals surface area (Å²) < 4.78 is 1.25. The van der Waals surface area contributed by atoms with Crippen LogP contribution in [0.25, 0.3) is 5.52 Å². The lowest BCUT2D eigenvalue weighted by molar-refractivity contribution is 0.0682. The lowest BCUT2D eigenvalue weighted by Gasteiger charge is -1.97. The topological polar surface area (TPSA) is 91.9 Å². The van der Waals surface area contributed by atoms with E-state index in [2.05, 4.69) is 4.98 Å². The third-order valence-corrected chi connectivity index (χ3v) is 2.19.